The van der Waals surface area contributed by atoms with Crippen molar-refractivity contribution < 1.29 is 23.8 Å². The van der Waals surface area contributed by atoms with Gasteiger partial charge in [0.05, 0.1) is 6.42 Å². The van der Waals surface area contributed by atoms with Crippen LogP contribution in [-0.2, 0) is 14.3 Å². The summed E-state index contributed by atoms with van der Waals surface area (Å²) in [6.07, 6.45) is 1.41. The Morgan fingerprint density at radius 3 is 2.71 bits per heavy atom. The normalized spacial score (nSPS) is 17.8. The van der Waals surface area contributed by atoms with E-state index in [2.05, 4.69) is 4.74 Å². The second-order valence-electron chi connectivity index (χ2n) is 3.71. The van der Waals surface area contributed by atoms with Crippen molar-refractivity contribution in [2.75, 3.05) is 6.79 Å². The number of hydrogen-bond donors (Lipinski definition) is 0. The second-order valence-corrected chi connectivity index (χ2v) is 3.71. The molecule has 0 aliphatic carbocycles. The SMILES string of the molecule is O=C1C=C(c2ccc3c(c2)OCO3)CC(=O)O1. The fraction of sp³-hybridized carbons (Fsp3) is 0.167. The molecule has 0 saturated heterocycles. The molecule has 0 N–H and O–H groups in total. The Hall–Kier alpha value is -2.30. The minimum atomic E-state index is -0.631. The van der Waals surface area contributed by atoms with Crippen molar-refractivity contribution in [3.8, 4) is 11.5 Å². The highest BCUT2D eigenvalue weighted by atomic mass is 16.7. The first-order valence-corrected chi connectivity index (χ1v) is 5.07. The van der Waals surface area contributed by atoms with E-state index < -0.39 is 11.9 Å². The predicted molar refractivity (Wildman–Crippen MR) is 56.3 cm³/mol. The summed E-state index contributed by atoms with van der Waals surface area (Å²) in [6, 6.07) is 5.29. The van der Waals surface area contributed by atoms with Crippen LogP contribution in [0.2, 0.25) is 0 Å². The number of carbonyl (C=O) groups is 2. The topological polar surface area (TPSA) is 61.8 Å². The van der Waals surface area contributed by atoms with Crippen LogP contribution in [-0.4, -0.2) is 18.7 Å². The molecular weight excluding hydrogens is 224 g/mol. The average molecular weight is 232 g/mol. The molecule has 86 valence electrons. The third kappa shape index (κ3) is 1.75. The molecule has 0 radical (unpaired) electrons. The zero-order valence-corrected chi connectivity index (χ0v) is 8.76. The molecule has 1 aromatic rings. The molecule has 0 atom stereocenters. The fourth-order valence-electron chi connectivity index (χ4n) is 1.81. The van der Waals surface area contributed by atoms with Crippen LogP contribution in [0.15, 0.2) is 24.3 Å². The van der Waals surface area contributed by atoms with Gasteiger partial charge in [0, 0.05) is 6.08 Å². The van der Waals surface area contributed by atoms with Crippen LogP contribution >= 0.6 is 0 Å². The molecule has 0 spiro atoms. The van der Waals surface area contributed by atoms with E-state index in [9.17, 15) is 9.59 Å². The van der Waals surface area contributed by atoms with Gasteiger partial charge in [-0.05, 0) is 23.3 Å². The molecule has 0 fully saturated rings. The number of benzene rings is 1. The maximum Gasteiger partial charge on any atom is 0.338 e. The summed E-state index contributed by atoms with van der Waals surface area (Å²) in [7, 11) is 0. The zero-order valence-electron chi connectivity index (χ0n) is 8.76. The van der Waals surface area contributed by atoms with Crippen molar-refractivity contribution in [1.82, 2.24) is 0 Å². The van der Waals surface area contributed by atoms with Crippen LogP contribution in [0.1, 0.15) is 12.0 Å². The van der Waals surface area contributed by atoms with Crippen LogP contribution in [0.5, 0.6) is 11.5 Å². The van der Waals surface area contributed by atoms with Gasteiger partial charge >= 0.3 is 11.9 Å². The molecule has 5 nitrogen and oxygen atoms in total. The molecule has 3 rings (SSSR count). The number of fused-ring (bicyclic) bond motifs is 1. The number of carbonyl (C=O) groups excluding carboxylic acids is 2. The minimum Gasteiger partial charge on any atom is -0.454 e. The van der Waals surface area contributed by atoms with Gasteiger partial charge in [-0.1, -0.05) is 6.07 Å². The van der Waals surface area contributed by atoms with E-state index in [1.54, 1.807) is 18.2 Å². The molecule has 0 aromatic heterocycles. The summed E-state index contributed by atoms with van der Waals surface area (Å²) in [4.78, 5) is 22.3. The Morgan fingerprint density at radius 1 is 1.06 bits per heavy atom. The van der Waals surface area contributed by atoms with E-state index in [0.29, 0.717) is 17.1 Å². The summed E-state index contributed by atoms with van der Waals surface area (Å²) >= 11 is 0. The van der Waals surface area contributed by atoms with E-state index in [4.69, 9.17) is 9.47 Å². The number of hydrogen-bond acceptors (Lipinski definition) is 5. The zero-order chi connectivity index (χ0) is 11.8. The summed E-state index contributed by atoms with van der Waals surface area (Å²) in [5, 5.41) is 0. The first-order chi connectivity index (χ1) is 8.22. The van der Waals surface area contributed by atoms with Gasteiger partial charge in [-0.15, -0.1) is 0 Å². The molecule has 0 unspecified atom stereocenters. The summed E-state index contributed by atoms with van der Waals surface area (Å²) < 4.78 is 14.8. The van der Waals surface area contributed by atoms with E-state index in [-0.39, 0.29) is 13.2 Å². The highest BCUT2D eigenvalue weighted by Crippen LogP contribution is 2.35. The maximum absolute atomic E-state index is 11.2. The molecular formula is C12H8O5. The molecule has 1 aromatic carbocycles. The van der Waals surface area contributed by atoms with Gasteiger partial charge in [-0.3, -0.25) is 4.79 Å². The van der Waals surface area contributed by atoms with Crippen molar-refractivity contribution in [2.45, 2.75) is 6.42 Å². The quantitative estimate of drug-likeness (QED) is 0.539. The van der Waals surface area contributed by atoms with Crippen molar-refractivity contribution in [3.05, 3.63) is 29.8 Å². The van der Waals surface area contributed by atoms with E-state index in [1.807, 2.05) is 0 Å². The molecule has 0 saturated carbocycles. The Kier molecular flexibility index (Phi) is 2.11. The highest BCUT2D eigenvalue weighted by molar-refractivity contribution is 6.05. The van der Waals surface area contributed by atoms with E-state index in [0.717, 1.165) is 5.56 Å². The van der Waals surface area contributed by atoms with Crippen molar-refractivity contribution >= 4 is 17.5 Å². The van der Waals surface area contributed by atoms with Gasteiger partial charge in [0.1, 0.15) is 0 Å². The average Bonchev–Trinajstić information content (AvgIpc) is 2.74. The summed E-state index contributed by atoms with van der Waals surface area (Å²) in [5.74, 6) is 0.118. The molecule has 2 heterocycles. The lowest BCUT2D eigenvalue weighted by molar-refractivity contribution is -0.156. The number of esters is 2. The van der Waals surface area contributed by atoms with Crippen molar-refractivity contribution in [3.63, 3.8) is 0 Å². The van der Waals surface area contributed by atoms with Crippen LogP contribution in [0, 0.1) is 0 Å². The van der Waals surface area contributed by atoms with Crippen molar-refractivity contribution in [2.24, 2.45) is 0 Å². The third-order valence-electron chi connectivity index (χ3n) is 2.58. The van der Waals surface area contributed by atoms with Gasteiger partial charge in [0.25, 0.3) is 0 Å². The third-order valence-corrected chi connectivity index (χ3v) is 2.58. The number of cyclic esters (lactones) is 2. The number of rotatable bonds is 1. The van der Waals surface area contributed by atoms with E-state index >= 15 is 0 Å². The first kappa shape index (κ1) is 9.89. The largest absolute Gasteiger partial charge is 0.454 e. The lowest BCUT2D eigenvalue weighted by Gasteiger charge is -2.11. The Bertz CT molecular complexity index is 544. The molecule has 17 heavy (non-hydrogen) atoms. The molecule has 5 heteroatoms. The lowest BCUT2D eigenvalue weighted by Crippen LogP contribution is -2.16. The monoisotopic (exact) mass is 232 g/mol. The van der Waals surface area contributed by atoms with Crippen LogP contribution in [0.4, 0.5) is 0 Å². The molecule has 2 aliphatic heterocycles. The van der Waals surface area contributed by atoms with Gasteiger partial charge in [0.2, 0.25) is 6.79 Å². The highest BCUT2D eigenvalue weighted by Gasteiger charge is 2.21. The molecule has 2 aliphatic rings. The Labute approximate surface area is 96.6 Å². The summed E-state index contributed by atoms with van der Waals surface area (Å²) in [5.41, 5.74) is 1.39. The van der Waals surface area contributed by atoms with Gasteiger partial charge < -0.3 is 14.2 Å². The Morgan fingerprint density at radius 2 is 1.88 bits per heavy atom. The number of ether oxygens (including phenoxy) is 3. The smallest absolute Gasteiger partial charge is 0.338 e. The van der Waals surface area contributed by atoms with Gasteiger partial charge in [-0.2, -0.15) is 0 Å². The minimum absolute atomic E-state index is 0.0887. The van der Waals surface area contributed by atoms with Gasteiger partial charge in [-0.25, -0.2) is 4.79 Å². The second kappa shape index (κ2) is 3.62. The molecule has 0 bridgehead atoms. The van der Waals surface area contributed by atoms with Crippen LogP contribution in [0.3, 0.4) is 0 Å². The standard InChI is InChI=1S/C12H8O5/c13-11-4-8(5-12(14)17-11)7-1-2-9-10(3-7)16-6-15-9/h1-4H,5-6H2. The van der Waals surface area contributed by atoms with E-state index in [1.165, 1.54) is 6.08 Å². The van der Waals surface area contributed by atoms with Crippen LogP contribution < -0.4 is 9.47 Å². The summed E-state index contributed by atoms with van der Waals surface area (Å²) in [6.45, 7) is 0.193. The fourth-order valence-corrected chi connectivity index (χ4v) is 1.81. The lowest BCUT2D eigenvalue weighted by atomic mass is 10.0. The Balaban J connectivity index is 1.99. The maximum atomic E-state index is 11.2. The van der Waals surface area contributed by atoms with Crippen LogP contribution in [0.25, 0.3) is 5.57 Å². The first-order valence-electron chi connectivity index (χ1n) is 5.07. The van der Waals surface area contributed by atoms with Gasteiger partial charge in [0.15, 0.2) is 11.5 Å². The predicted octanol–water partition coefficient (Wildman–Crippen LogP) is 1.27. The van der Waals surface area contributed by atoms with Crippen molar-refractivity contribution in [1.29, 1.82) is 0 Å². The molecule has 0 amide bonds.